The Hall–Kier alpha value is -0.540. The Morgan fingerprint density at radius 1 is 1.26 bits per heavy atom. The van der Waals surface area contributed by atoms with Gasteiger partial charge in [0.15, 0.2) is 0 Å². The summed E-state index contributed by atoms with van der Waals surface area (Å²) in [7, 11) is 0. The maximum atomic E-state index is 6.30. The summed E-state index contributed by atoms with van der Waals surface area (Å²) in [5.41, 5.74) is 7.15. The zero-order chi connectivity index (χ0) is 13.7. The molecule has 0 spiro atoms. The van der Waals surface area contributed by atoms with E-state index in [9.17, 15) is 0 Å². The Morgan fingerprint density at radius 3 is 2.58 bits per heavy atom. The molecule has 1 fully saturated rings. The largest absolute Gasteiger partial charge is 0.489 e. The Balaban J connectivity index is 2.12. The first-order chi connectivity index (χ1) is 9.16. The number of para-hydroxylation sites is 1. The van der Waals surface area contributed by atoms with Crippen molar-refractivity contribution in [1.82, 2.24) is 0 Å². The van der Waals surface area contributed by atoms with E-state index in [1.807, 2.05) is 6.92 Å². The van der Waals surface area contributed by atoms with Crippen LogP contribution in [0, 0.1) is 0 Å². The molecule has 19 heavy (non-hydrogen) atoms. The maximum Gasteiger partial charge on any atom is 0.137 e. The van der Waals surface area contributed by atoms with Crippen LogP contribution in [-0.4, -0.2) is 12.1 Å². The molecule has 0 aromatic heterocycles. The van der Waals surface area contributed by atoms with E-state index in [1.165, 1.54) is 44.1 Å². The molecule has 1 aromatic carbocycles. The summed E-state index contributed by atoms with van der Waals surface area (Å²) in [5, 5.41) is 0. The van der Waals surface area contributed by atoms with E-state index < -0.39 is 0 Å². The molecule has 0 heterocycles. The molecule has 3 heteroatoms. The summed E-state index contributed by atoms with van der Waals surface area (Å²) in [5.74, 6) is 1.01. The predicted octanol–water partition coefficient (Wildman–Crippen LogP) is 4.44. The van der Waals surface area contributed by atoms with E-state index in [-0.39, 0.29) is 6.04 Å². The monoisotopic (exact) mass is 325 g/mol. The van der Waals surface area contributed by atoms with Crippen LogP contribution in [-0.2, 0) is 6.42 Å². The lowest BCUT2D eigenvalue weighted by atomic mass is 10.1. The van der Waals surface area contributed by atoms with Gasteiger partial charge in [0, 0.05) is 6.04 Å². The molecular weight excluding hydrogens is 302 g/mol. The average Bonchev–Trinajstić information content (AvgIpc) is 2.61. The maximum absolute atomic E-state index is 6.30. The number of rotatable bonds is 4. The van der Waals surface area contributed by atoms with Gasteiger partial charge in [0.05, 0.1) is 10.6 Å². The Kier molecular flexibility index (Phi) is 5.71. The smallest absolute Gasteiger partial charge is 0.137 e. The van der Waals surface area contributed by atoms with E-state index in [0.29, 0.717) is 6.10 Å². The van der Waals surface area contributed by atoms with Crippen molar-refractivity contribution in [1.29, 1.82) is 0 Å². The van der Waals surface area contributed by atoms with Gasteiger partial charge in [-0.3, -0.25) is 0 Å². The molecule has 0 radical (unpaired) electrons. The van der Waals surface area contributed by atoms with Crippen molar-refractivity contribution in [2.24, 2.45) is 5.73 Å². The number of halogens is 1. The Bertz CT molecular complexity index is 398. The van der Waals surface area contributed by atoms with Crippen LogP contribution in [0.15, 0.2) is 22.7 Å². The molecule has 1 atom stereocenters. The lowest BCUT2D eigenvalue weighted by Gasteiger charge is -2.21. The highest BCUT2D eigenvalue weighted by Crippen LogP contribution is 2.33. The second kappa shape index (κ2) is 7.30. The third kappa shape index (κ3) is 4.50. The van der Waals surface area contributed by atoms with Gasteiger partial charge in [0.2, 0.25) is 0 Å². The van der Waals surface area contributed by atoms with Gasteiger partial charge < -0.3 is 10.5 Å². The van der Waals surface area contributed by atoms with Crippen LogP contribution in [0.2, 0.25) is 0 Å². The van der Waals surface area contributed by atoms with E-state index in [0.717, 1.165) is 16.6 Å². The molecule has 0 bridgehead atoms. The normalized spacial score (nSPS) is 18.9. The van der Waals surface area contributed by atoms with Crippen molar-refractivity contribution >= 4 is 15.9 Å². The zero-order valence-electron chi connectivity index (χ0n) is 11.7. The Labute approximate surface area is 124 Å². The fourth-order valence-corrected chi connectivity index (χ4v) is 3.22. The molecule has 1 aromatic rings. The molecule has 106 valence electrons. The number of nitrogens with two attached hydrogens (primary N) is 1. The van der Waals surface area contributed by atoms with Crippen LogP contribution in [0.5, 0.6) is 5.75 Å². The molecule has 1 aliphatic rings. The minimum Gasteiger partial charge on any atom is -0.489 e. The first-order valence-corrected chi connectivity index (χ1v) is 8.15. The van der Waals surface area contributed by atoms with Gasteiger partial charge in [-0.05, 0) is 66.6 Å². The summed E-state index contributed by atoms with van der Waals surface area (Å²) in [4.78, 5) is 0. The fourth-order valence-electron chi connectivity index (χ4n) is 2.72. The van der Waals surface area contributed by atoms with Crippen LogP contribution < -0.4 is 10.5 Å². The topological polar surface area (TPSA) is 35.2 Å². The second-order valence-electron chi connectivity index (χ2n) is 5.64. The van der Waals surface area contributed by atoms with E-state index in [1.54, 1.807) is 0 Å². The van der Waals surface area contributed by atoms with Gasteiger partial charge in [-0.1, -0.05) is 25.0 Å². The summed E-state index contributed by atoms with van der Waals surface area (Å²) >= 11 is 3.62. The number of benzene rings is 1. The number of hydrogen-bond acceptors (Lipinski definition) is 2. The second-order valence-corrected chi connectivity index (χ2v) is 6.50. The molecular formula is C16H24BrNO. The summed E-state index contributed by atoms with van der Waals surface area (Å²) in [6, 6.07) is 6.39. The fraction of sp³-hybridized carbons (Fsp3) is 0.625. The summed E-state index contributed by atoms with van der Waals surface area (Å²) in [6.07, 6.45) is 8.87. The number of hydrogen-bond donors (Lipinski definition) is 1. The third-order valence-electron chi connectivity index (χ3n) is 3.68. The van der Waals surface area contributed by atoms with Crippen molar-refractivity contribution in [3.63, 3.8) is 0 Å². The van der Waals surface area contributed by atoms with E-state index in [2.05, 4.69) is 34.1 Å². The first-order valence-electron chi connectivity index (χ1n) is 7.36. The number of ether oxygens (including phenoxy) is 1. The summed E-state index contributed by atoms with van der Waals surface area (Å²) < 4.78 is 7.35. The molecule has 0 saturated heterocycles. The van der Waals surface area contributed by atoms with Crippen molar-refractivity contribution in [3.05, 3.63) is 28.2 Å². The third-order valence-corrected chi connectivity index (χ3v) is 4.30. The lowest BCUT2D eigenvalue weighted by molar-refractivity contribution is 0.180. The molecule has 2 nitrogen and oxygen atoms in total. The predicted molar refractivity (Wildman–Crippen MR) is 83.6 cm³/mol. The highest BCUT2D eigenvalue weighted by atomic mass is 79.9. The molecule has 0 amide bonds. The van der Waals surface area contributed by atoms with Gasteiger partial charge in [0.25, 0.3) is 0 Å². The quantitative estimate of drug-likeness (QED) is 0.830. The van der Waals surface area contributed by atoms with Crippen molar-refractivity contribution < 1.29 is 4.74 Å². The first kappa shape index (κ1) is 14.9. The Morgan fingerprint density at radius 2 is 1.95 bits per heavy atom. The molecule has 0 aliphatic heterocycles. The zero-order valence-corrected chi connectivity index (χ0v) is 13.3. The minimum atomic E-state index is 0.158. The van der Waals surface area contributed by atoms with Gasteiger partial charge in [0.1, 0.15) is 5.75 Å². The molecule has 1 aliphatic carbocycles. The molecule has 2 N–H and O–H groups in total. The standard InChI is InChI=1S/C16H24BrNO/c1-12(18)11-13-7-6-10-15(17)16(13)19-14-8-4-2-3-5-9-14/h6-7,10,12,14H,2-5,8-9,11,18H2,1H3. The lowest BCUT2D eigenvalue weighted by Crippen LogP contribution is -2.20. The van der Waals surface area contributed by atoms with Gasteiger partial charge in [-0.2, -0.15) is 0 Å². The molecule has 1 unspecified atom stereocenters. The van der Waals surface area contributed by atoms with Gasteiger partial charge in [-0.15, -0.1) is 0 Å². The van der Waals surface area contributed by atoms with E-state index in [4.69, 9.17) is 10.5 Å². The van der Waals surface area contributed by atoms with Crippen LogP contribution in [0.25, 0.3) is 0 Å². The SMILES string of the molecule is CC(N)Cc1cccc(Br)c1OC1CCCCCC1. The molecule has 1 saturated carbocycles. The van der Waals surface area contributed by atoms with E-state index >= 15 is 0 Å². The highest BCUT2D eigenvalue weighted by molar-refractivity contribution is 9.10. The van der Waals surface area contributed by atoms with Gasteiger partial charge in [-0.25, -0.2) is 0 Å². The highest BCUT2D eigenvalue weighted by Gasteiger charge is 2.17. The van der Waals surface area contributed by atoms with Crippen molar-refractivity contribution in [3.8, 4) is 5.75 Å². The van der Waals surface area contributed by atoms with Crippen LogP contribution >= 0.6 is 15.9 Å². The van der Waals surface area contributed by atoms with Crippen LogP contribution in [0.1, 0.15) is 51.0 Å². The van der Waals surface area contributed by atoms with Gasteiger partial charge >= 0.3 is 0 Å². The molecule has 2 rings (SSSR count). The van der Waals surface area contributed by atoms with Crippen LogP contribution in [0.4, 0.5) is 0 Å². The minimum absolute atomic E-state index is 0.158. The average molecular weight is 326 g/mol. The van der Waals surface area contributed by atoms with Crippen molar-refractivity contribution in [2.75, 3.05) is 0 Å². The van der Waals surface area contributed by atoms with Crippen molar-refractivity contribution in [2.45, 2.75) is 64.0 Å². The van der Waals surface area contributed by atoms with Crippen LogP contribution in [0.3, 0.4) is 0 Å². The summed E-state index contributed by atoms with van der Waals surface area (Å²) in [6.45, 7) is 2.04.